The number of hydrogen-bond acceptors (Lipinski definition) is 7. The van der Waals surface area contributed by atoms with Crippen LogP contribution in [0.3, 0.4) is 0 Å². The number of carbonyl (C=O) groups excluding carboxylic acids is 1. The molecule has 8 heteroatoms. The number of carbonyl (C=O) groups is 1. The van der Waals surface area contributed by atoms with E-state index in [2.05, 4.69) is 41.7 Å². The number of amides is 1. The summed E-state index contributed by atoms with van der Waals surface area (Å²) in [7, 11) is 0. The molecule has 4 rings (SSSR count). The van der Waals surface area contributed by atoms with Gasteiger partial charge in [0.05, 0.1) is 35.3 Å². The Hall–Kier alpha value is -3.44. The van der Waals surface area contributed by atoms with Crippen LogP contribution in [0.1, 0.15) is 56.0 Å². The summed E-state index contributed by atoms with van der Waals surface area (Å²) in [6.07, 6.45) is 5.73. The topological polar surface area (TPSA) is 105 Å². The van der Waals surface area contributed by atoms with Crippen molar-refractivity contribution < 1.29 is 9.90 Å². The summed E-state index contributed by atoms with van der Waals surface area (Å²) in [5, 5.41) is 22.7. The fraction of sp³-hybridized carbons (Fsp3) is 0.462. The molecule has 2 aromatic heterocycles. The smallest absolute Gasteiger partial charge is 0.225 e. The van der Waals surface area contributed by atoms with Crippen LogP contribution in [0.25, 0.3) is 6.08 Å². The first-order valence-corrected chi connectivity index (χ1v) is 11.9. The molecule has 0 radical (unpaired) electrons. The van der Waals surface area contributed by atoms with E-state index in [-0.39, 0.29) is 30.9 Å². The van der Waals surface area contributed by atoms with Gasteiger partial charge in [0.25, 0.3) is 0 Å². The van der Waals surface area contributed by atoms with Crippen molar-refractivity contribution in [1.82, 2.24) is 14.9 Å². The van der Waals surface area contributed by atoms with E-state index in [4.69, 9.17) is 4.98 Å². The van der Waals surface area contributed by atoms with Gasteiger partial charge in [-0.2, -0.15) is 5.26 Å². The van der Waals surface area contributed by atoms with Crippen LogP contribution in [-0.2, 0) is 4.79 Å². The van der Waals surface area contributed by atoms with Gasteiger partial charge >= 0.3 is 0 Å². The van der Waals surface area contributed by atoms with Crippen LogP contribution in [0.15, 0.2) is 31.0 Å². The molecule has 8 nitrogen and oxygen atoms in total. The zero-order valence-corrected chi connectivity index (χ0v) is 19.9. The van der Waals surface area contributed by atoms with Gasteiger partial charge < -0.3 is 20.2 Å². The monoisotopic (exact) mass is 460 g/mol. The van der Waals surface area contributed by atoms with E-state index < -0.39 is 0 Å². The lowest BCUT2D eigenvalue weighted by molar-refractivity contribution is -0.135. The molecular weight excluding hydrogens is 428 g/mol. The number of pyridine rings is 2. The van der Waals surface area contributed by atoms with E-state index in [0.29, 0.717) is 36.9 Å². The van der Waals surface area contributed by atoms with Gasteiger partial charge in [0.2, 0.25) is 5.91 Å². The summed E-state index contributed by atoms with van der Waals surface area (Å²) in [6.45, 7) is 9.60. The molecule has 2 N–H and O–H groups in total. The summed E-state index contributed by atoms with van der Waals surface area (Å²) in [6, 6.07) is 8.04. The molecule has 178 valence electrons. The number of hydrogen-bond donors (Lipinski definition) is 2. The quantitative estimate of drug-likeness (QED) is 0.619. The van der Waals surface area contributed by atoms with Crippen LogP contribution in [0.5, 0.6) is 0 Å². The number of rotatable bonds is 8. The van der Waals surface area contributed by atoms with Gasteiger partial charge in [-0.05, 0) is 43.0 Å². The van der Waals surface area contributed by atoms with Gasteiger partial charge in [-0.25, -0.2) is 4.98 Å². The molecule has 1 atom stereocenters. The fourth-order valence-electron chi connectivity index (χ4n) is 4.52. The zero-order valence-electron chi connectivity index (χ0n) is 19.9. The minimum absolute atomic E-state index is 0.00235. The summed E-state index contributed by atoms with van der Waals surface area (Å²) >= 11 is 0. The Bertz CT molecular complexity index is 1100. The molecule has 3 heterocycles. The molecule has 34 heavy (non-hydrogen) atoms. The van der Waals surface area contributed by atoms with Crippen molar-refractivity contribution in [3.8, 4) is 6.07 Å². The van der Waals surface area contributed by atoms with Crippen molar-refractivity contribution in [2.45, 2.75) is 45.1 Å². The van der Waals surface area contributed by atoms with E-state index in [9.17, 15) is 15.2 Å². The molecule has 1 saturated carbocycles. The van der Waals surface area contributed by atoms with E-state index in [1.165, 1.54) is 0 Å². The highest BCUT2D eigenvalue weighted by Crippen LogP contribution is 2.44. The lowest BCUT2D eigenvalue weighted by Crippen LogP contribution is -2.57. The average Bonchev–Trinajstić information content (AvgIpc) is 3.69. The fourth-order valence-corrected chi connectivity index (χ4v) is 4.52. The Morgan fingerprint density at radius 2 is 2.18 bits per heavy atom. The van der Waals surface area contributed by atoms with Crippen LogP contribution in [-0.4, -0.2) is 58.2 Å². The highest BCUT2D eigenvalue weighted by atomic mass is 16.3. The van der Waals surface area contributed by atoms with Gasteiger partial charge in [-0.1, -0.05) is 20.4 Å². The Morgan fingerprint density at radius 3 is 2.82 bits per heavy atom. The van der Waals surface area contributed by atoms with Gasteiger partial charge in [0.15, 0.2) is 0 Å². The average molecular weight is 461 g/mol. The first-order valence-electron chi connectivity index (χ1n) is 11.9. The number of nitriles is 1. The second-order valence-corrected chi connectivity index (χ2v) is 9.30. The van der Waals surface area contributed by atoms with Crippen LogP contribution < -0.4 is 10.2 Å². The van der Waals surface area contributed by atoms with Crippen molar-refractivity contribution in [3.05, 3.63) is 47.9 Å². The lowest BCUT2D eigenvalue weighted by Gasteiger charge is -2.44. The third-order valence-corrected chi connectivity index (χ3v) is 6.52. The molecule has 2 fully saturated rings. The van der Waals surface area contributed by atoms with Gasteiger partial charge in [-0.3, -0.25) is 9.78 Å². The van der Waals surface area contributed by atoms with E-state index in [1.807, 2.05) is 23.1 Å². The molecule has 0 unspecified atom stereocenters. The molecular formula is C26H32N6O2. The summed E-state index contributed by atoms with van der Waals surface area (Å²) in [4.78, 5) is 25.9. The van der Waals surface area contributed by atoms with Gasteiger partial charge in [0.1, 0.15) is 11.9 Å². The highest BCUT2D eigenvalue weighted by Gasteiger charge is 2.35. The highest BCUT2D eigenvalue weighted by molar-refractivity contribution is 5.77. The van der Waals surface area contributed by atoms with Crippen LogP contribution in [0.2, 0.25) is 0 Å². The Kier molecular flexibility index (Phi) is 7.13. The van der Waals surface area contributed by atoms with Gasteiger partial charge in [0, 0.05) is 43.9 Å². The van der Waals surface area contributed by atoms with Crippen molar-refractivity contribution >= 4 is 29.2 Å². The molecule has 2 aliphatic rings. The largest absolute Gasteiger partial charge is 0.396 e. The predicted molar refractivity (Wildman–Crippen MR) is 133 cm³/mol. The molecule has 0 spiro atoms. The first-order chi connectivity index (χ1) is 16.4. The van der Waals surface area contributed by atoms with E-state index >= 15 is 0 Å². The molecule has 0 bridgehead atoms. The Labute approximate surface area is 200 Å². The van der Waals surface area contributed by atoms with Crippen molar-refractivity contribution in [2.75, 3.05) is 36.5 Å². The summed E-state index contributed by atoms with van der Waals surface area (Å²) in [5.41, 5.74) is 3.99. The Balaban J connectivity index is 1.65. The number of piperazine rings is 1. The van der Waals surface area contributed by atoms with Crippen molar-refractivity contribution in [3.63, 3.8) is 0 Å². The molecule has 1 saturated heterocycles. The van der Waals surface area contributed by atoms with Crippen molar-refractivity contribution in [1.29, 1.82) is 5.26 Å². The number of anilines is 3. The van der Waals surface area contributed by atoms with E-state index in [0.717, 1.165) is 35.6 Å². The lowest BCUT2D eigenvalue weighted by atomic mass is 9.98. The molecule has 1 aliphatic carbocycles. The number of aromatic nitrogens is 2. The minimum Gasteiger partial charge on any atom is -0.396 e. The molecule has 0 aromatic carbocycles. The normalized spacial score (nSPS) is 18.0. The zero-order chi connectivity index (χ0) is 24.2. The predicted octanol–water partition coefficient (Wildman–Crippen LogP) is 3.67. The molecule has 1 amide bonds. The Morgan fingerprint density at radius 1 is 1.38 bits per heavy atom. The maximum Gasteiger partial charge on any atom is 0.225 e. The maximum atomic E-state index is 12.6. The third-order valence-electron chi connectivity index (χ3n) is 6.52. The molecule has 1 aliphatic heterocycles. The van der Waals surface area contributed by atoms with Crippen LogP contribution in [0, 0.1) is 17.2 Å². The number of nitrogens with zero attached hydrogens (tertiary/aromatic N) is 5. The van der Waals surface area contributed by atoms with Crippen LogP contribution >= 0.6 is 0 Å². The standard InChI is InChI=1S/C26H32N6O2/c1-4-20-14-21(7-9-28-20)29-22-13-19(15-27)26(30-25(22)18-5-6-18)31-10-11-32(24(34)8-12-33)23(16-31)17(2)3/h4,7,9,13-14,17-18,23,33H,1,5-6,8,10-12,16H2,2-3H3,(H,28,29)/t23-/m0/s1. The first kappa shape index (κ1) is 23.7. The van der Waals surface area contributed by atoms with Crippen LogP contribution in [0.4, 0.5) is 17.2 Å². The second kappa shape index (κ2) is 10.2. The number of aliphatic hydroxyl groups excluding tert-OH is 1. The third kappa shape index (κ3) is 5.05. The SMILES string of the molecule is C=Cc1cc(Nc2cc(C#N)c(N3CCN(C(=O)CCO)[C@H](C(C)C)C3)nc2C2CC2)ccn1. The van der Waals surface area contributed by atoms with Gasteiger partial charge in [-0.15, -0.1) is 0 Å². The summed E-state index contributed by atoms with van der Waals surface area (Å²) in [5.74, 6) is 1.29. The minimum atomic E-state index is -0.144. The van der Waals surface area contributed by atoms with Crippen molar-refractivity contribution in [2.24, 2.45) is 5.92 Å². The number of aliphatic hydroxyl groups is 1. The van der Waals surface area contributed by atoms with E-state index in [1.54, 1.807) is 12.3 Å². The summed E-state index contributed by atoms with van der Waals surface area (Å²) < 4.78 is 0. The molecule has 2 aromatic rings. The second-order valence-electron chi connectivity index (χ2n) is 9.30. The number of nitrogens with one attached hydrogen (secondary N) is 1. The maximum absolute atomic E-state index is 12.6.